The summed E-state index contributed by atoms with van der Waals surface area (Å²) < 4.78 is 14.8. The van der Waals surface area contributed by atoms with Gasteiger partial charge in [-0.05, 0) is 24.1 Å². The fourth-order valence-electron chi connectivity index (χ4n) is 1.58. The summed E-state index contributed by atoms with van der Waals surface area (Å²) in [5.41, 5.74) is 0.677. The molecule has 0 fully saturated rings. The van der Waals surface area contributed by atoms with Gasteiger partial charge < -0.3 is 19.3 Å². The first-order valence-electron chi connectivity index (χ1n) is 5.59. The number of rotatable bonds is 6. The average Bonchev–Trinajstić information content (AvgIpc) is 2.43. The highest BCUT2D eigenvalue weighted by atomic mass is 16.5. The van der Waals surface area contributed by atoms with E-state index in [1.807, 2.05) is 0 Å². The molecule has 0 aromatic heterocycles. The van der Waals surface area contributed by atoms with Gasteiger partial charge in [0, 0.05) is 6.42 Å². The minimum absolute atomic E-state index is 0.173. The number of benzene rings is 1. The predicted molar refractivity (Wildman–Crippen MR) is 65.8 cm³/mol. The monoisotopic (exact) mass is 254 g/mol. The molecule has 0 spiro atoms. The van der Waals surface area contributed by atoms with Crippen LogP contribution in [0.3, 0.4) is 0 Å². The summed E-state index contributed by atoms with van der Waals surface area (Å²) in [6, 6.07) is 5.15. The number of aliphatic hydroxyl groups is 1. The van der Waals surface area contributed by atoms with E-state index in [-0.39, 0.29) is 12.4 Å². The molecule has 0 saturated carbocycles. The maximum absolute atomic E-state index is 11.0. The van der Waals surface area contributed by atoms with Gasteiger partial charge in [-0.25, -0.2) is 0 Å². The second-order valence-electron chi connectivity index (χ2n) is 3.75. The van der Waals surface area contributed by atoms with Gasteiger partial charge in [0.25, 0.3) is 0 Å². The van der Waals surface area contributed by atoms with E-state index in [1.165, 1.54) is 14.2 Å². The summed E-state index contributed by atoms with van der Waals surface area (Å²) in [6.07, 6.45) is -0.252. The second kappa shape index (κ2) is 6.86. The molecular weight excluding hydrogens is 236 g/mol. The molecule has 0 saturated heterocycles. The maximum Gasteiger partial charge on any atom is 0.305 e. The third kappa shape index (κ3) is 3.63. The molecule has 0 bridgehead atoms. The van der Waals surface area contributed by atoms with Crippen LogP contribution in [-0.2, 0) is 9.53 Å². The van der Waals surface area contributed by atoms with E-state index < -0.39 is 6.10 Å². The van der Waals surface area contributed by atoms with Crippen LogP contribution in [0.25, 0.3) is 0 Å². The van der Waals surface area contributed by atoms with Gasteiger partial charge in [-0.1, -0.05) is 6.07 Å². The van der Waals surface area contributed by atoms with Gasteiger partial charge in [-0.3, -0.25) is 4.79 Å². The number of carbonyl (C=O) groups excluding carboxylic acids is 1. The van der Waals surface area contributed by atoms with Crippen LogP contribution in [-0.4, -0.2) is 32.4 Å². The van der Waals surface area contributed by atoms with Crippen LogP contribution >= 0.6 is 0 Å². The lowest BCUT2D eigenvalue weighted by molar-refractivity contribution is -0.141. The van der Waals surface area contributed by atoms with Gasteiger partial charge in [0.2, 0.25) is 0 Å². The van der Waals surface area contributed by atoms with E-state index >= 15 is 0 Å². The third-order valence-electron chi connectivity index (χ3n) is 2.64. The van der Waals surface area contributed by atoms with E-state index in [2.05, 4.69) is 4.74 Å². The minimum atomic E-state index is -0.732. The van der Waals surface area contributed by atoms with E-state index in [1.54, 1.807) is 25.3 Å². The first-order valence-corrected chi connectivity index (χ1v) is 5.59. The van der Waals surface area contributed by atoms with Crippen molar-refractivity contribution >= 4 is 5.97 Å². The van der Waals surface area contributed by atoms with Gasteiger partial charge >= 0.3 is 5.97 Å². The van der Waals surface area contributed by atoms with Crippen LogP contribution < -0.4 is 9.47 Å². The first kappa shape index (κ1) is 14.3. The van der Waals surface area contributed by atoms with Crippen molar-refractivity contribution < 1.29 is 24.1 Å². The zero-order valence-corrected chi connectivity index (χ0v) is 10.8. The van der Waals surface area contributed by atoms with Crippen molar-refractivity contribution in [2.75, 3.05) is 21.3 Å². The van der Waals surface area contributed by atoms with Crippen molar-refractivity contribution in [3.05, 3.63) is 23.8 Å². The Hall–Kier alpha value is -1.75. The Kier molecular flexibility index (Phi) is 5.45. The zero-order valence-electron chi connectivity index (χ0n) is 10.8. The number of hydrogen-bond donors (Lipinski definition) is 1. The number of hydrogen-bond acceptors (Lipinski definition) is 5. The normalized spacial score (nSPS) is 11.8. The maximum atomic E-state index is 11.0. The van der Waals surface area contributed by atoms with Gasteiger partial charge in [-0.15, -0.1) is 0 Å². The van der Waals surface area contributed by atoms with Crippen molar-refractivity contribution in [3.8, 4) is 11.5 Å². The summed E-state index contributed by atoms with van der Waals surface area (Å²) >= 11 is 0. The fourth-order valence-corrected chi connectivity index (χ4v) is 1.58. The lowest BCUT2D eigenvalue weighted by Gasteiger charge is -2.13. The lowest BCUT2D eigenvalue weighted by atomic mass is 10.0. The molecule has 0 radical (unpaired) electrons. The number of aliphatic hydroxyl groups excluding tert-OH is 1. The van der Waals surface area contributed by atoms with Gasteiger partial charge in [0.15, 0.2) is 11.5 Å². The fraction of sp³-hybridized carbons (Fsp3) is 0.462. The predicted octanol–water partition coefficient (Wildman–Crippen LogP) is 1.69. The SMILES string of the molecule is COC(=O)CC[C@@H](O)c1ccc(OC)c(OC)c1. The molecule has 0 aliphatic heterocycles. The van der Waals surface area contributed by atoms with E-state index in [9.17, 15) is 9.90 Å². The highest BCUT2D eigenvalue weighted by molar-refractivity contribution is 5.69. The molecule has 0 aliphatic rings. The lowest BCUT2D eigenvalue weighted by Crippen LogP contribution is -2.05. The molecule has 1 N–H and O–H groups in total. The molecule has 0 heterocycles. The van der Waals surface area contributed by atoms with Crippen molar-refractivity contribution in [1.82, 2.24) is 0 Å². The van der Waals surface area contributed by atoms with Crippen molar-refractivity contribution in [2.45, 2.75) is 18.9 Å². The van der Waals surface area contributed by atoms with Gasteiger partial charge in [-0.2, -0.15) is 0 Å². The Labute approximate surface area is 106 Å². The van der Waals surface area contributed by atoms with Gasteiger partial charge in [0.05, 0.1) is 27.4 Å². The average molecular weight is 254 g/mol. The smallest absolute Gasteiger partial charge is 0.305 e. The number of methoxy groups -OCH3 is 3. The van der Waals surface area contributed by atoms with Crippen LogP contribution in [0.5, 0.6) is 11.5 Å². The van der Waals surface area contributed by atoms with Gasteiger partial charge in [0.1, 0.15) is 0 Å². The topological polar surface area (TPSA) is 65.0 Å². The summed E-state index contributed by atoms with van der Waals surface area (Å²) in [5, 5.41) is 9.94. The minimum Gasteiger partial charge on any atom is -0.493 e. The Morgan fingerprint density at radius 1 is 1.22 bits per heavy atom. The Bertz CT molecular complexity index is 402. The molecule has 1 aromatic rings. The molecule has 100 valence electrons. The summed E-state index contributed by atoms with van der Waals surface area (Å²) in [5.74, 6) is 0.808. The van der Waals surface area contributed by atoms with Crippen LogP contribution in [0.2, 0.25) is 0 Å². The summed E-state index contributed by atoms with van der Waals surface area (Å²) in [7, 11) is 4.40. The standard InChI is InChI=1S/C13H18O5/c1-16-11-6-4-9(8-12(11)17-2)10(14)5-7-13(15)18-3/h4,6,8,10,14H,5,7H2,1-3H3/t10-/m1/s1. The second-order valence-corrected chi connectivity index (χ2v) is 3.75. The summed E-state index contributed by atoms with van der Waals surface area (Å²) in [4.78, 5) is 11.0. The third-order valence-corrected chi connectivity index (χ3v) is 2.64. The number of carbonyl (C=O) groups is 1. The molecular formula is C13H18O5. The van der Waals surface area contributed by atoms with Crippen LogP contribution in [0, 0.1) is 0 Å². The highest BCUT2D eigenvalue weighted by Gasteiger charge is 2.13. The molecule has 0 amide bonds. The number of ether oxygens (including phenoxy) is 3. The van der Waals surface area contributed by atoms with E-state index in [0.717, 1.165) is 0 Å². The molecule has 5 heteroatoms. The molecule has 1 rings (SSSR count). The summed E-state index contributed by atoms with van der Waals surface area (Å²) in [6.45, 7) is 0. The largest absolute Gasteiger partial charge is 0.493 e. The Balaban J connectivity index is 2.73. The highest BCUT2D eigenvalue weighted by Crippen LogP contribution is 2.31. The Morgan fingerprint density at radius 3 is 2.44 bits per heavy atom. The van der Waals surface area contributed by atoms with Crippen molar-refractivity contribution in [2.24, 2.45) is 0 Å². The van der Waals surface area contributed by atoms with Crippen LogP contribution in [0.1, 0.15) is 24.5 Å². The van der Waals surface area contributed by atoms with E-state index in [0.29, 0.717) is 23.5 Å². The molecule has 0 aliphatic carbocycles. The van der Waals surface area contributed by atoms with Crippen molar-refractivity contribution in [3.63, 3.8) is 0 Å². The van der Waals surface area contributed by atoms with E-state index in [4.69, 9.17) is 9.47 Å². The quantitative estimate of drug-likeness (QED) is 0.782. The van der Waals surface area contributed by atoms with Crippen LogP contribution in [0.4, 0.5) is 0 Å². The molecule has 1 aromatic carbocycles. The first-order chi connectivity index (χ1) is 8.62. The molecule has 0 unspecified atom stereocenters. The Morgan fingerprint density at radius 2 is 1.89 bits per heavy atom. The number of esters is 1. The molecule has 1 atom stereocenters. The molecule has 5 nitrogen and oxygen atoms in total. The van der Waals surface area contributed by atoms with Crippen molar-refractivity contribution in [1.29, 1.82) is 0 Å². The zero-order chi connectivity index (χ0) is 13.5. The molecule has 18 heavy (non-hydrogen) atoms. The van der Waals surface area contributed by atoms with Crippen LogP contribution in [0.15, 0.2) is 18.2 Å².